The van der Waals surface area contributed by atoms with E-state index in [0.29, 0.717) is 5.69 Å². The monoisotopic (exact) mass is 289 g/mol. The first kappa shape index (κ1) is 16.1. The van der Waals surface area contributed by atoms with Gasteiger partial charge in [-0.2, -0.15) is 13.2 Å². The van der Waals surface area contributed by atoms with Gasteiger partial charge < -0.3 is 16.0 Å². The molecule has 0 spiro atoms. The van der Waals surface area contributed by atoms with Gasteiger partial charge >= 0.3 is 12.2 Å². The molecule has 0 aliphatic heterocycles. The summed E-state index contributed by atoms with van der Waals surface area (Å²) in [5.41, 5.74) is 6.94. The van der Waals surface area contributed by atoms with E-state index in [-0.39, 0.29) is 12.6 Å². The predicted octanol–water partition coefficient (Wildman–Crippen LogP) is 2.75. The van der Waals surface area contributed by atoms with Crippen molar-refractivity contribution in [2.45, 2.75) is 32.6 Å². The minimum absolute atomic E-state index is 0.201. The highest BCUT2D eigenvalue weighted by atomic mass is 19.4. The fraction of sp³-hybridized carbons (Fsp3) is 0.462. The Morgan fingerprint density at radius 2 is 2.05 bits per heavy atom. The summed E-state index contributed by atoms with van der Waals surface area (Å²) in [5, 5.41) is 1.87. The third kappa shape index (κ3) is 5.38. The Labute approximate surface area is 115 Å². The summed E-state index contributed by atoms with van der Waals surface area (Å²) in [4.78, 5) is 13.1. The zero-order valence-corrected chi connectivity index (χ0v) is 11.4. The van der Waals surface area contributed by atoms with Gasteiger partial charge in [0.25, 0.3) is 0 Å². The summed E-state index contributed by atoms with van der Waals surface area (Å²) in [7, 11) is 0. The van der Waals surface area contributed by atoms with Crippen LogP contribution in [-0.2, 0) is 6.54 Å². The molecule has 1 aromatic carbocycles. The fourth-order valence-electron chi connectivity index (χ4n) is 1.65. The van der Waals surface area contributed by atoms with E-state index >= 15 is 0 Å². The van der Waals surface area contributed by atoms with Gasteiger partial charge in [0.05, 0.1) is 0 Å². The van der Waals surface area contributed by atoms with E-state index in [1.807, 2.05) is 5.32 Å². The van der Waals surface area contributed by atoms with Crippen LogP contribution in [0.15, 0.2) is 24.3 Å². The van der Waals surface area contributed by atoms with Crippen molar-refractivity contribution < 1.29 is 18.0 Å². The molecule has 0 aliphatic rings. The maximum absolute atomic E-state index is 12.1. The van der Waals surface area contributed by atoms with Crippen molar-refractivity contribution in [3.63, 3.8) is 0 Å². The number of hydrogen-bond acceptors (Lipinski definition) is 2. The predicted molar refractivity (Wildman–Crippen MR) is 71.0 cm³/mol. The molecular weight excluding hydrogens is 271 g/mol. The van der Waals surface area contributed by atoms with E-state index in [4.69, 9.17) is 5.73 Å². The third-order valence-electron chi connectivity index (χ3n) is 2.63. The number of rotatable bonds is 4. The van der Waals surface area contributed by atoms with Crippen molar-refractivity contribution in [2.24, 2.45) is 0 Å². The summed E-state index contributed by atoms with van der Waals surface area (Å²) < 4.78 is 36.3. The van der Waals surface area contributed by atoms with Gasteiger partial charge in [-0.15, -0.1) is 0 Å². The zero-order chi connectivity index (χ0) is 15.3. The Kier molecular flexibility index (Phi) is 5.24. The standard InChI is InChI=1S/C13H18F3N3O/c1-9(2)19(12(20)18-8-13(14,15)16)7-10-4-3-5-11(17)6-10/h3-6,9H,7-8,17H2,1-2H3,(H,18,20). The van der Waals surface area contributed by atoms with Crippen LogP contribution in [0.4, 0.5) is 23.7 Å². The molecule has 0 radical (unpaired) electrons. The molecule has 4 nitrogen and oxygen atoms in total. The van der Waals surface area contributed by atoms with Crippen LogP contribution in [0.3, 0.4) is 0 Å². The maximum atomic E-state index is 12.1. The van der Waals surface area contributed by atoms with Gasteiger partial charge in [-0.05, 0) is 31.5 Å². The molecule has 2 amide bonds. The number of carbonyl (C=O) groups excluding carboxylic acids is 1. The van der Waals surface area contributed by atoms with Crippen LogP contribution < -0.4 is 11.1 Å². The van der Waals surface area contributed by atoms with Crippen molar-refractivity contribution in [1.82, 2.24) is 10.2 Å². The Balaban J connectivity index is 2.72. The van der Waals surface area contributed by atoms with Crippen LogP contribution in [0.5, 0.6) is 0 Å². The van der Waals surface area contributed by atoms with E-state index in [0.717, 1.165) is 5.56 Å². The summed E-state index contributed by atoms with van der Waals surface area (Å²) in [6.07, 6.45) is -4.42. The van der Waals surface area contributed by atoms with Gasteiger partial charge in [-0.1, -0.05) is 12.1 Å². The molecule has 7 heteroatoms. The molecule has 1 rings (SSSR count). The molecule has 20 heavy (non-hydrogen) atoms. The Hall–Kier alpha value is -1.92. The largest absolute Gasteiger partial charge is 0.405 e. The number of nitrogens with one attached hydrogen (secondary N) is 1. The molecule has 0 saturated carbocycles. The summed E-state index contributed by atoms with van der Waals surface area (Å²) in [6.45, 7) is 2.33. The molecule has 0 heterocycles. The molecule has 3 N–H and O–H groups in total. The van der Waals surface area contributed by atoms with Gasteiger partial charge in [-0.3, -0.25) is 0 Å². The highest BCUT2D eigenvalue weighted by molar-refractivity contribution is 5.74. The summed E-state index contributed by atoms with van der Waals surface area (Å²) in [6, 6.07) is 5.91. The van der Waals surface area contributed by atoms with Crippen molar-refractivity contribution in [3.8, 4) is 0 Å². The highest BCUT2D eigenvalue weighted by Crippen LogP contribution is 2.14. The van der Waals surface area contributed by atoms with E-state index in [1.165, 1.54) is 4.90 Å². The number of carbonyl (C=O) groups is 1. The Morgan fingerprint density at radius 1 is 1.40 bits per heavy atom. The lowest BCUT2D eigenvalue weighted by Gasteiger charge is -2.27. The van der Waals surface area contributed by atoms with E-state index in [2.05, 4.69) is 0 Å². The lowest BCUT2D eigenvalue weighted by atomic mass is 10.2. The molecule has 0 unspecified atom stereocenters. The molecule has 112 valence electrons. The van der Waals surface area contributed by atoms with Crippen LogP contribution in [0.1, 0.15) is 19.4 Å². The quantitative estimate of drug-likeness (QED) is 0.837. The smallest absolute Gasteiger partial charge is 0.399 e. The molecule has 0 atom stereocenters. The first-order valence-electron chi connectivity index (χ1n) is 6.14. The van der Waals surface area contributed by atoms with Crippen molar-refractivity contribution in [3.05, 3.63) is 29.8 Å². The van der Waals surface area contributed by atoms with Gasteiger partial charge in [0.1, 0.15) is 6.54 Å². The van der Waals surface area contributed by atoms with Gasteiger partial charge in [-0.25, -0.2) is 4.79 Å². The van der Waals surface area contributed by atoms with Crippen molar-refractivity contribution >= 4 is 11.7 Å². The van der Waals surface area contributed by atoms with E-state index < -0.39 is 18.8 Å². The number of halogens is 3. The lowest BCUT2D eigenvalue weighted by molar-refractivity contribution is -0.123. The first-order chi connectivity index (χ1) is 9.19. The van der Waals surface area contributed by atoms with Crippen LogP contribution in [0.2, 0.25) is 0 Å². The highest BCUT2D eigenvalue weighted by Gasteiger charge is 2.29. The number of benzene rings is 1. The van der Waals surface area contributed by atoms with Crippen LogP contribution >= 0.6 is 0 Å². The molecule has 0 aliphatic carbocycles. The molecule has 0 fully saturated rings. The number of hydrogen-bond donors (Lipinski definition) is 2. The Morgan fingerprint density at radius 3 is 2.55 bits per heavy atom. The number of alkyl halides is 3. The van der Waals surface area contributed by atoms with E-state index in [1.54, 1.807) is 38.1 Å². The number of nitrogens with two attached hydrogens (primary N) is 1. The average Bonchev–Trinajstić information content (AvgIpc) is 2.32. The molecule has 0 saturated heterocycles. The number of urea groups is 1. The number of nitrogen functional groups attached to an aromatic ring is 1. The normalized spacial score (nSPS) is 11.5. The topological polar surface area (TPSA) is 58.4 Å². The maximum Gasteiger partial charge on any atom is 0.405 e. The van der Waals surface area contributed by atoms with Crippen LogP contribution in [0.25, 0.3) is 0 Å². The average molecular weight is 289 g/mol. The number of anilines is 1. The summed E-state index contributed by atoms with van der Waals surface area (Å²) >= 11 is 0. The lowest BCUT2D eigenvalue weighted by Crippen LogP contribution is -2.46. The second-order valence-corrected chi connectivity index (χ2v) is 4.74. The van der Waals surface area contributed by atoms with Crippen molar-refractivity contribution in [1.29, 1.82) is 0 Å². The van der Waals surface area contributed by atoms with Gasteiger partial charge in [0.2, 0.25) is 0 Å². The van der Waals surface area contributed by atoms with Crippen LogP contribution in [-0.4, -0.2) is 29.7 Å². The summed E-state index contributed by atoms with van der Waals surface area (Å²) in [5.74, 6) is 0. The second-order valence-electron chi connectivity index (χ2n) is 4.74. The first-order valence-corrected chi connectivity index (χ1v) is 6.14. The molecule has 0 bridgehead atoms. The number of amides is 2. The third-order valence-corrected chi connectivity index (χ3v) is 2.63. The van der Waals surface area contributed by atoms with E-state index in [9.17, 15) is 18.0 Å². The zero-order valence-electron chi connectivity index (χ0n) is 11.4. The SMILES string of the molecule is CC(C)N(Cc1cccc(N)c1)C(=O)NCC(F)(F)F. The van der Waals surface area contributed by atoms with Gasteiger partial charge in [0, 0.05) is 18.3 Å². The Bertz CT molecular complexity index is 460. The molecular formula is C13H18F3N3O. The van der Waals surface area contributed by atoms with Crippen LogP contribution in [0, 0.1) is 0 Å². The van der Waals surface area contributed by atoms with Gasteiger partial charge in [0.15, 0.2) is 0 Å². The van der Waals surface area contributed by atoms with Crippen molar-refractivity contribution in [2.75, 3.05) is 12.3 Å². The second kappa shape index (κ2) is 6.49. The molecule has 1 aromatic rings. The number of nitrogens with zero attached hydrogens (tertiary/aromatic N) is 1. The fourth-order valence-corrected chi connectivity index (χ4v) is 1.65. The minimum Gasteiger partial charge on any atom is -0.399 e. The minimum atomic E-state index is -4.42. The molecule has 0 aromatic heterocycles.